The Balaban J connectivity index is 2.20. The van der Waals surface area contributed by atoms with E-state index in [9.17, 15) is 0 Å². The molecule has 0 radical (unpaired) electrons. The number of hydrogen-bond acceptors (Lipinski definition) is 3. The Morgan fingerprint density at radius 2 is 2.17 bits per heavy atom. The van der Waals surface area contributed by atoms with Crippen LogP contribution >= 0.6 is 54.8 Å². The molecule has 2 aromatic rings. The molecule has 0 aromatic carbocycles. The lowest BCUT2D eigenvalue weighted by molar-refractivity contribution is 0.891. The highest BCUT2D eigenvalue weighted by Gasteiger charge is 2.10. The molecule has 0 aliphatic rings. The van der Waals surface area contributed by atoms with Crippen LogP contribution in [-0.4, -0.2) is 12.0 Å². The first kappa shape index (κ1) is 14.3. The number of hydrogen-bond donors (Lipinski definition) is 0. The van der Waals surface area contributed by atoms with Crippen molar-refractivity contribution in [1.29, 1.82) is 0 Å². The van der Waals surface area contributed by atoms with Gasteiger partial charge in [0.1, 0.15) is 5.82 Å². The molecule has 0 aliphatic heterocycles. The average molecular weight is 411 g/mol. The van der Waals surface area contributed by atoms with Gasteiger partial charge in [0.05, 0.1) is 9.67 Å². The summed E-state index contributed by atoms with van der Waals surface area (Å²) in [5.74, 6) is 1.38. The summed E-state index contributed by atoms with van der Waals surface area (Å²) in [5.41, 5.74) is 2.29. The van der Waals surface area contributed by atoms with Crippen LogP contribution in [0.2, 0.25) is 0 Å². The first-order chi connectivity index (χ1) is 8.60. The highest BCUT2D eigenvalue weighted by atomic mass is 79.9. The summed E-state index contributed by atoms with van der Waals surface area (Å²) in [5, 5.41) is 2.14. The number of pyridine rings is 1. The van der Waals surface area contributed by atoms with Gasteiger partial charge < -0.3 is 4.90 Å². The highest BCUT2D eigenvalue weighted by molar-refractivity contribution is 9.11. The van der Waals surface area contributed by atoms with Crippen molar-refractivity contribution in [3.63, 3.8) is 0 Å². The molecule has 0 amide bonds. The quantitative estimate of drug-likeness (QED) is 0.656. The van der Waals surface area contributed by atoms with E-state index in [1.54, 1.807) is 17.5 Å². The summed E-state index contributed by atoms with van der Waals surface area (Å²) in [6.45, 7) is 0.820. The Labute approximate surface area is 132 Å². The van der Waals surface area contributed by atoms with Crippen LogP contribution in [0.1, 0.15) is 11.1 Å². The SMILES string of the molecule is CN(Cc1csc(Br)c1)c1ncc(Br)cc1CCl. The van der Waals surface area contributed by atoms with Gasteiger partial charge in [-0.1, -0.05) is 0 Å². The molecule has 0 N–H and O–H groups in total. The molecule has 6 heteroatoms. The molecule has 0 spiro atoms. The van der Waals surface area contributed by atoms with Gasteiger partial charge in [-0.2, -0.15) is 0 Å². The van der Waals surface area contributed by atoms with Gasteiger partial charge in [-0.15, -0.1) is 22.9 Å². The largest absolute Gasteiger partial charge is 0.355 e. The Kier molecular flexibility index (Phi) is 5.06. The van der Waals surface area contributed by atoms with Gasteiger partial charge in [0.2, 0.25) is 0 Å². The zero-order valence-electron chi connectivity index (χ0n) is 9.66. The minimum absolute atomic E-state index is 0.458. The van der Waals surface area contributed by atoms with Gasteiger partial charge >= 0.3 is 0 Å². The molecule has 0 fully saturated rings. The van der Waals surface area contributed by atoms with E-state index in [4.69, 9.17) is 11.6 Å². The topological polar surface area (TPSA) is 16.1 Å². The second-order valence-corrected chi connectivity index (χ2v) is 7.36. The van der Waals surface area contributed by atoms with Crippen LogP contribution in [-0.2, 0) is 12.4 Å². The van der Waals surface area contributed by atoms with E-state index < -0.39 is 0 Å². The van der Waals surface area contributed by atoms with Crippen molar-refractivity contribution in [3.05, 3.63) is 43.1 Å². The molecule has 2 aromatic heterocycles. The van der Waals surface area contributed by atoms with Crippen LogP contribution in [0, 0.1) is 0 Å². The standard InChI is InChI=1S/C12H11Br2ClN2S/c1-17(6-8-2-11(14)18-7-8)12-9(4-15)3-10(13)5-16-12/h2-3,5,7H,4,6H2,1H3. The maximum Gasteiger partial charge on any atom is 0.133 e. The molecule has 0 aliphatic carbocycles. The molecule has 2 heterocycles. The predicted molar refractivity (Wildman–Crippen MR) is 85.6 cm³/mol. The molecule has 2 rings (SSSR count). The Bertz CT molecular complexity index is 545. The fraction of sp³-hybridized carbons (Fsp3) is 0.250. The molecule has 0 saturated heterocycles. The van der Waals surface area contributed by atoms with Crippen molar-refractivity contribution in [2.75, 3.05) is 11.9 Å². The van der Waals surface area contributed by atoms with E-state index in [2.05, 4.69) is 53.2 Å². The van der Waals surface area contributed by atoms with Crippen LogP contribution in [0.4, 0.5) is 5.82 Å². The number of halogens is 3. The molecule has 0 unspecified atom stereocenters. The molecule has 0 saturated carbocycles. The van der Waals surface area contributed by atoms with Gasteiger partial charge in [0, 0.05) is 29.8 Å². The van der Waals surface area contributed by atoms with E-state index in [-0.39, 0.29) is 0 Å². The lowest BCUT2D eigenvalue weighted by Crippen LogP contribution is -2.18. The van der Waals surface area contributed by atoms with Gasteiger partial charge in [0.25, 0.3) is 0 Å². The third-order valence-electron chi connectivity index (χ3n) is 2.46. The second-order valence-electron chi connectivity index (χ2n) is 3.89. The number of anilines is 1. The normalized spacial score (nSPS) is 10.7. The van der Waals surface area contributed by atoms with Crippen molar-refractivity contribution >= 4 is 60.6 Å². The predicted octanol–water partition coefficient (Wildman–Crippen LogP) is 5.04. The average Bonchev–Trinajstić information content (AvgIpc) is 2.74. The molecular formula is C12H11Br2ClN2S. The zero-order chi connectivity index (χ0) is 13.1. The second kappa shape index (κ2) is 6.37. The smallest absolute Gasteiger partial charge is 0.133 e. The van der Waals surface area contributed by atoms with Gasteiger partial charge in [-0.05, 0) is 54.9 Å². The van der Waals surface area contributed by atoms with Crippen molar-refractivity contribution < 1.29 is 0 Å². The van der Waals surface area contributed by atoms with Gasteiger partial charge in [-0.25, -0.2) is 4.98 Å². The van der Waals surface area contributed by atoms with Crippen molar-refractivity contribution in [2.24, 2.45) is 0 Å². The van der Waals surface area contributed by atoms with E-state index in [1.807, 2.05) is 13.1 Å². The highest BCUT2D eigenvalue weighted by Crippen LogP contribution is 2.26. The monoisotopic (exact) mass is 408 g/mol. The number of aromatic nitrogens is 1. The summed E-state index contributed by atoms with van der Waals surface area (Å²) in [7, 11) is 2.03. The number of thiophene rings is 1. The summed E-state index contributed by atoms with van der Waals surface area (Å²) < 4.78 is 2.10. The van der Waals surface area contributed by atoms with Crippen molar-refractivity contribution in [1.82, 2.24) is 4.98 Å². The zero-order valence-corrected chi connectivity index (χ0v) is 14.4. The molecule has 0 bridgehead atoms. The number of alkyl halides is 1. The minimum Gasteiger partial charge on any atom is -0.355 e. The summed E-state index contributed by atoms with van der Waals surface area (Å²) in [6.07, 6.45) is 1.80. The molecule has 18 heavy (non-hydrogen) atoms. The first-order valence-corrected chi connectivity index (χ1v) is 8.24. The molecular weight excluding hydrogens is 399 g/mol. The summed E-state index contributed by atoms with van der Waals surface area (Å²) >= 11 is 14.5. The van der Waals surface area contributed by atoms with E-state index in [1.165, 1.54) is 5.56 Å². The third-order valence-corrected chi connectivity index (χ3v) is 4.73. The lowest BCUT2D eigenvalue weighted by atomic mass is 10.2. The van der Waals surface area contributed by atoms with Crippen molar-refractivity contribution in [3.8, 4) is 0 Å². The Morgan fingerprint density at radius 1 is 1.39 bits per heavy atom. The maximum absolute atomic E-state index is 5.96. The van der Waals surface area contributed by atoms with E-state index in [0.717, 1.165) is 26.2 Å². The van der Waals surface area contributed by atoms with E-state index in [0.29, 0.717) is 5.88 Å². The van der Waals surface area contributed by atoms with Crippen LogP contribution in [0.15, 0.2) is 32.0 Å². The maximum atomic E-state index is 5.96. The minimum atomic E-state index is 0.458. The van der Waals surface area contributed by atoms with Gasteiger partial charge in [-0.3, -0.25) is 0 Å². The molecule has 96 valence electrons. The summed E-state index contributed by atoms with van der Waals surface area (Å²) in [4.78, 5) is 6.55. The first-order valence-electron chi connectivity index (χ1n) is 5.24. The lowest BCUT2D eigenvalue weighted by Gasteiger charge is -2.20. The van der Waals surface area contributed by atoms with E-state index >= 15 is 0 Å². The fourth-order valence-electron chi connectivity index (χ4n) is 1.69. The number of rotatable bonds is 4. The summed E-state index contributed by atoms with van der Waals surface area (Å²) in [6, 6.07) is 4.13. The van der Waals surface area contributed by atoms with Gasteiger partial charge in [0.15, 0.2) is 0 Å². The van der Waals surface area contributed by atoms with Crippen LogP contribution < -0.4 is 4.90 Å². The van der Waals surface area contributed by atoms with Crippen LogP contribution in [0.25, 0.3) is 0 Å². The van der Waals surface area contributed by atoms with Crippen LogP contribution in [0.3, 0.4) is 0 Å². The molecule has 2 nitrogen and oxygen atoms in total. The fourth-order valence-corrected chi connectivity index (χ4v) is 3.47. The third kappa shape index (κ3) is 3.47. The Hall–Kier alpha value is -0.100. The Morgan fingerprint density at radius 3 is 2.78 bits per heavy atom. The number of nitrogens with zero attached hydrogens (tertiary/aromatic N) is 2. The molecule has 0 atom stereocenters. The van der Waals surface area contributed by atoms with Crippen molar-refractivity contribution in [2.45, 2.75) is 12.4 Å². The van der Waals surface area contributed by atoms with Crippen LogP contribution in [0.5, 0.6) is 0 Å².